The van der Waals surface area contributed by atoms with Crippen molar-refractivity contribution in [1.82, 2.24) is 14.9 Å². The summed E-state index contributed by atoms with van der Waals surface area (Å²) >= 11 is 0. The third-order valence-corrected chi connectivity index (χ3v) is 1.74. The fourth-order valence-corrected chi connectivity index (χ4v) is 1.07. The Balaban J connectivity index is 2.52. The summed E-state index contributed by atoms with van der Waals surface area (Å²) in [4.78, 5) is 4.04. The molecule has 68 valence electrons. The Morgan fingerprint density at radius 3 is 3.00 bits per heavy atom. The van der Waals surface area contributed by atoms with Crippen molar-refractivity contribution in [3.05, 3.63) is 18.2 Å². The summed E-state index contributed by atoms with van der Waals surface area (Å²) in [7, 11) is 1.87. The lowest BCUT2D eigenvalue weighted by atomic mass is 10.3. The largest absolute Gasteiger partial charge is 0.384 e. The molecule has 0 amide bonds. The van der Waals surface area contributed by atoms with E-state index >= 15 is 0 Å². The van der Waals surface area contributed by atoms with Gasteiger partial charge in [-0.05, 0) is 6.54 Å². The zero-order valence-corrected chi connectivity index (χ0v) is 7.49. The highest BCUT2D eigenvalue weighted by molar-refractivity contribution is 4.95. The van der Waals surface area contributed by atoms with Gasteiger partial charge in [0.15, 0.2) is 0 Å². The number of hydrogen-bond donors (Lipinski definition) is 2. The van der Waals surface area contributed by atoms with E-state index in [1.54, 1.807) is 6.20 Å². The second kappa shape index (κ2) is 4.23. The Hall–Kier alpha value is -0.870. The standard InChI is InChI=1S/C8H15N3O/c1-3-9-6-7(12)8-10-4-5-11(8)2/h4-5,7,9,12H,3,6H2,1-2H3. The van der Waals surface area contributed by atoms with Crippen LogP contribution in [0.1, 0.15) is 18.9 Å². The maximum absolute atomic E-state index is 9.58. The van der Waals surface area contributed by atoms with Crippen molar-refractivity contribution in [2.75, 3.05) is 13.1 Å². The van der Waals surface area contributed by atoms with E-state index in [2.05, 4.69) is 10.3 Å². The van der Waals surface area contributed by atoms with Crippen LogP contribution in [0.4, 0.5) is 0 Å². The molecule has 1 aromatic heterocycles. The van der Waals surface area contributed by atoms with E-state index in [1.165, 1.54) is 0 Å². The van der Waals surface area contributed by atoms with Gasteiger partial charge in [-0.15, -0.1) is 0 Å². The van der Waals surface area contributed by atoms with Crippen LogP contribution in [0, 0.1) is 0 Å². The minimum Gasteiger partial charge on any atom is -0.384 e. The maximum Gasteiger partial charge on any atom is 0.138 e. The second-order valence-electron chi connectivity index (χ2n) is 2.72. The third-order valence-electron chi connectivity index (χ3n) is 1.74. The summed E-state index contributed by atoms with van der Waals surface area (Å²) in [5.41, 5.74) is 0. The predicted molar refractivity (Wildman–Crippen MR) is 46.7 cm³/mol. The van der Waals surface area contributed by atoms with E-state index in [9.17, 15) is 5.11 Å². The molecule has 0 bridgehead atoms. The highest BCUT2D eigenvalue weighted by Crippen LogP contribution is 2.06. The number of hydrogen-bond acceptors (Lipinski definition) is 3. The Morgan fingerprint density at radius 2 is 2.50 bits per heavy atom. The number of aryl methyl sites for hydroxylation is 1. The van der Waals surface area contributed by atoms with E-state index in [0.717, 1.165) is 6.54 Å². The van der Waals surface area contributed by atoms with E-state index in [4.69, 9.17) is 0 Å². The first-order valence-corrected chi connectivity index (χ1v) is 4.11. The van der Waals surface area contributed by atoms with Gasteiger partial charge in [-0.25, -0.2) is 4.98 Å². The molecular formula is C8H15N3O. The number of likely N-dealkylation sites (N-methyl/N-ethyl adjacent to an activating group) is 1. The maximum atomic E-state index is 9.58. The van der Waals surface area contributed by atoms with E-state index < -0.39 is 6.10 Å². The molecule has 1 heterocycles. The average molecular weight is 169 g/mol. The molecule has 1 unspecified atom stereocenters. The Labute approximate surface area is 72.2 Å². The highest BCUT2D eigenvalue weighted by atomic mass is 16.3. The minimum atomic E-state index is -0.509. The van der Waals surface area contributed by atoms with Gasteiger partial charge in [0.1, 0.15) is 11.9 Å². The van der Waals surface area contributed by atoms with Gasteiger partial charge < -0.3 is 15.0 Å². The van der Waals surface area contributed by atoms with Crippen LogP contribution in [-0.2, 0) is 7.05 Å². The van der Waals surface area contributed by atoms with Crippen LogP contribution in [0.5, 0.6) is 0 Å². The molecule has 0 saturated heterocycles. The summed E-state index contributed by atoms with van der Waals surface area (Å²) in [5, 5.41) is 12.6. The van der Waals surface area contributed by atoms with Crippen LogP contribution in [0.3, 0.4) is 0 Å². The van der Waals surface area contributed by atoms with Crippen LogP contribution < -0.4 is 5.32 Å². The van der Waals surface area contributed by atoms with Crippen molar-refractivity contribution in [1.29, 1.82) is 0 Å². The van der Waals surface area contributed by atoms with Gasteiger partial charge in [0.05, 0.1) is 0 Å². The number of aromatic nitrogens is 2. The van der Waals surface area contributed by atoms with E-state index in [-0.39, 0.29) is 0 Å². The monoisotopic (exact) mass is 169 g/mol. The first-order chi connectivity index (χ1) is 5.75. The SMILES string of the molecule is CCNCC(O)c1nccn1C. The van der Waals surface area contributed by atoms with Crippen LogP contribution >= 0.6 is 0 Å². The summed E-state index contributed by atoms with van der Waals surface area (Å²) in [5.74, 6) is 0.705. The predicted octanol–water partition coefficient (Wildman–Crippen LogP) is 0.0630. The van der Waals surface area contributed by atoms with E-state index in [1.807, 2.05) is 24.7 Å². The Morgan fingerprint density at radius 1 is 1.75 bits per heavy atom. The second-order valence-corrected chi connectivity index (χ2v) is 2.72. The topological polar surface area (TPSA) is 50.1 Å². The number of nitrogens with one attached hydrogen (secondary N) is 1. The number of imidazole rings is 1. The number of nitrogens with zero attached hydrogens (tertiary/aromatic N) is 2. The molecule has 1 rings (SSSR count). The molecular weight excluding hydrogens is 154 g/mol. The van der Waals surface area contributed by atoms with Crippen molar-refractivity contribution >= 4 is 0 Å². The summed E-state index contributed by atoms with van der Waals surface area (Å²) in [6.07, 6.45) is 3.00. The van der Waals surface area contributed by atoms with Crippen LogP contribution in [0.15, 0.2) is 12.4 Å². The van der Waals surface area contributed by atoms with Crippen molar-refractivity contribution in [3.8, 4) is 0 Å². The van der Waals surface area contributed by atoms with Gasteiger partial charge in [0.25, 0.3) is 0 Å². The van der Waals surface area contributed by atoms with Gasteiger partial charge >= 0.3 is 0 Å². The zero-order chi connectivity index (χ0) is 8.97. The van der Waals surface area contributed by atoms with Gasteiger partial charge in [0.2, 0.25) is 0 Å². The normalized spacial score (nSPS) is 13.2. The first kappa shape index (κ1) is 9.22. The molecule has 1 aromatic rings. The van der Waals surface area contributed by atoms with Crippen LogP contribution in [0.25, 0.3) is 0 Å². The Bertz CT molecular complexity index is 234. The molecule has 0 aliphatic heterocycles. The van der Waals surface area contributed by atoms with Crippen molar-refractivity contribution in [2.24, 2.45) is 7.05 Å². The first-order valence-electron chi connectivity index (χ1n) is 4.11. The lowest BCUT2D eigenvalue weighted by Gasteiger charge is -2.10. The molecule has 0 saturated carbocycles. The van der Waals surface area contributed by atoms with Gasteiger partial charge in [-0.1, -0.05) is 6.92 Å². The summed E-state index contributed by atoms with van der Waals surface area (Å²) < 4.78 is 1.82. The molecule has 0 aliphatic rings. The highest BCUT2D eigenvalue weighted by Gasteiger charge is 2.10. The molecule has 12 heavy (non-hydrogen) atoms. The quantitative estimate of drug-likeness (QED) is 0.670. The van der Waals surface area contributed by atoms with Crippen LogP contribution in [0.2, 0.25) is 0 Å². The summed E-state index contributed by atoms with van der Waals surface area (Å²) in [6, 6.07) is 0. The molecule has 0 radical (unpaired) electrons. The van der Waals surface area contributed by atoms with Crippen molar-refractivity contribution in [2.45, 2.75) is 13.0 Å². The smallest absolute Gasteiger partial charge is 0.138 e. The molecule has 0 fully saturated rings. The average Bonchev–Trinajstić information content (AvgIpc) is 2.47. The van der Waals surface area contributed by atoms with E-state index in [0.29, 0.717) is 12.4 Å². The lowest BCUT2D eigenvalue weighted by Crippen LogP contribution is -2.22. The number of aliphatic hydroxyl groups excluding tert-OH is 1. The molecule has 4 nitrogen and oxygen atoms in total. The van der Waals surface area contributed by atoms with Gasteiger partial charge in [0, 0.05) is 26.0 Å². The Kier molecular flexibility index (Phi) is 3.25. The lowest BCUT2D eigenvalue weighted by molar-refractivity contribution is 0.162. The number of rotatable bonds is 4. The molecule has 0 aliphatic carbocycles. The number of aliphatic hydroxyl groups is 1. The minimum absolute atomic E-state index is 0.509. The van der Waals surface area contributed by atoms with Gasteiger partial charge in [-0.3, -0.25) is 0 Å². The van der Waals surface area contributed by atoms with Crippen molar-refractivity contribution in [3.63, 3.8) is 0 Å². The zero-order valence-electron chi connectivity index (χ0n) is 7.49. The fraction of sp³-hybridized carbons (Fsp3) is 0.625. The van der Waals surface area contributed by atoms with Gasteiger partial charge in [-0.2, -0.15) is 0 Å². The fourth-order valence-electron chi connectivity index (χ4n) is 1.07. The van der Waals surface area contributed by atoms with Crippen LogP contribution in [-0.4, -0.2) is 27.7 Å². The summed E-state index contributed by atoms with van der Waals surface area (Å²) in [6.45, 7) is 3.42. The molecule has 2 N–H and O–H groups in total. The molecule has 4 heteroatoms. The third kappa shape index (κ3) is 2.06. The molecule has 1 atom stereocenters. The molecule has 0 spiro atoms. The molecule has 0 aromatic carbocycles. The van der Waals surface area contributed by atoms with Crippen molar-refractivity contribution < 1.29 is 5.11 Å².